The van der Waals surface area contributed by atoms with Gasteiger partial charge in [-0.1, -0.05) is 18.6 Å². The number of hydrogen-bond acceptors (Lipinski definition) is 1. The molecule has 0 heterocycles. The lowest BCUT2D eigenvalue weighted by atomic mass is 10.1. The summed E-state index contributed by atoms with van der Waals surface area (Å²) >= 11 is 0. The quantitative estimate of drug-likeness (QED) is 0.388. The number of hydrogen-bond donors (Lipinski definition) is 1. The Morgan fingerprint density at radius 3 is 3.00 bits per heavy atom. The van der Waals surface area contributed by atoms with E-state index in [0.29, 0.717) is 6.04 Å². The van der Waals surface area contributed by atoms with Gasteiger partial charge in [0.15, 0.2) is 0 Å². The van der Waals surface area contributed by atoms with Crippen LogP contribution in [0, 0.1) is 0 Å². The van der Waals surface area contributed by atoms with Crippen molar-refractivity contribution in [1.82, 2.24) is 0 Å². The zero-order valence-corrected chi connectivity index (χ0v) is 5.90. The fourth-order valence-electron chi connectivity index (χ4n) is 1.36. The summed E-state index contributed by atoms with van der Waals surface area (Å²) in [6.07, 6.45) is 6.04. The van der Waals surface area contributed by atoms with Crippen molar-refractivity contribution >= 4 is 0 Å². The Bertz CT molecular complexity index is 107. The van der Waals surface area contributed by atoms with E-state index in [0.717, 1.165) is 6.42 Å². The predicted molar refractivity (Wildman–Crippen MR) is 40.2 cm³/mol. The summed E-state index contributed by atoms with van der Waals surface area (Å²) in [4.78, 5) is 0. The van der Waals surface area contributed by atoms with Crippen molar-refractivity contribution in [2.75, 3.05) is 0 Å². The van der Waals surface area contributed by atoms with Crippen LogP contribution in [0.25, 0.3) is 0 Å². The minimum atomic E-state index is 0.403. The summed E-state index contributed by atoms with van der Waals surface area (Å²) in [6, 6.07) is 0.403. The molecule has 0 unspecified atom stereocenters. The van der Waals surface area contributed by atoms with Gasteiger partial charge in [0.1, 0.15) is 0 Å². The van der Waals surface area contributed by atoms with Crippen LogP contribution in [0.1, 0.15) is 32.1 Å². The van der Waals surface area contributed by atoms with Gasteiger partial charge in [-0.15, -0.1) is 0 Å². The van der Waals surface area contributed by atoms with Crippen LogP contribution in [0.15, 0.2) is 12.2 Å². The van der Waals surface area contributed by atoms with Gasteiger partial charge in [-0.3, -0.25) is 0 Å². The molecule has 0 amide bonds. The molecule has 1 atom stereocenters. The van der Waals surface area contributed by atoms with E-state index in [1.807, 2.05) is 0 Å². The topological polar surface area (TPSA) is 26.0 Å². The molecule has 0 aromatic carbocycles. The van der Waals surface area contributed by atoms with Crippen LogP contribution < -0.4 is 5.73 Å². The van der Waals surface area contributed by atoms with Crippen molar-refractivity contribution in [3.05, 3.63) is 12.2 Å². The van der Waals surface area contributed by atoms with Crippen molar-refractivity contribution in [1.29, 1.82) is 0 Å². The summed E-state index contributed by atoms with van der Waals surface area (Å²) in [5, 5.41) is 0. The van der Waals surface area contributed by atoms with Crippen LogP contribution in [0.2, 0.25) is 0 Å². The Kier molecular flexibility index (Phi) is 2.29. The second-order valence-electron chi connectivity index (χ2n) is 2.96. The molecule has 1 saturated carbocycles. The van der Waals surface area contributed by atoms with Crippen molar-refractivity contribution in [3.63, 3.8) is 0 Å². The van der Waals surface area contributed by atoms with E-state index in [1.54, 1.807) is 0 Å². The zero-order valence-electron chi connectivity index (χ0n) is 5.90. The van der Waals surface area contributed by atoms with Crippen molar-refractivity contribution in [2.45, 2.75) is 38.1 Å². The molecule has 2 N–H and O–H groups in total. The monoisotopic (exact) mass is 125 g/mol. The van der Waals surface area contributed by atoms with Gasteiger partial charge in [0.05, 0.1) is 0 Å². The second kappa shape index (κ2) is 3.02. The highest BCUT2D eigenvalue weighted by Gasteiger charge is 2.08. The molecule has 0 aromatic rings. The average Bonchev–Trinajstić information content (AvgIpc) is 1.93. The van der Waals surface area contributed by atoms with Crippen LogP contribution in [-0.2, 0) is 0 Å². The molecule has 0 aromatic heterocycles. The van der Waals surface area contributed by atoms with Crippen LogP contribution >= 0.6 is 0 Å². The van der Waals surface area contributed by atoms with E-state index < -0.39 is 0 Å². The Labute approximate surface area is 56.9 Å². The van der Waals surface area contributed by atoms with E-state index in [1.165, 1.54) is 31.3 Å². The Hall–Kier alpha value is -0.300. The van der Waals surface area contributed by atoms with Crippen molar-refractivity contribution in [2.24, 2.45) is 5.73 Å². The average molecular weight is 125 g/mol. The first-order valence-electron chi connectivity index (χ1n) is 3.71. The van der Waals surface area contributed by atoms with Crippen molar-refractivity contribution in [3.8, 4) is 0 Å². The summed E-state index contributed by atoms with van der Waals surface area (Å²) in [7, 11) is 0. The fourth-order valence-corrected chi connectivity index (χ4v) is 1.36. The van der Waals surface area contributed by atoms with Crippen LogP contribution in [0.3, 0.4) is 0 Å². The maximum atomic E-state index is 5.76. The molecule has 1 fully saturated rings. The Morgan fingerprint density at radius 2 is 2.22 bits per heavy atom. The molecule has 1 aliphatic rings. The highest BCUT2D eigenvalue weighted by atomic mass is 14.6. The zero-order chi connectivity index (χ0) is 6.69. The van der Waals surface area contributed by atoms with Gasteiger partial charge in [0.2, 0.25) is 0 Å². The van der Waals surface area contributed by atoms with E-state index in [9.17, 15) is 0 Å². The molecular weight excluding hydrogens is 110 g/mol. The molecule has 9 heavy (non-hydrogen) atoms. The van der Waals surface area contributed by atoms with Gasteiger partial charge in [-0.2, -0.15) is 0 Å². The fraction of sp³-hybridized carbons (Fsp3) is 0.750. The van der Waals surface area contributed by atoms with E-state index >= 15 is 0 Å². The lowest BCUT2D eigenvalue weighted by Gasteiger charge is -2.05. The minimum Gasteiger partial charge on any atom is -0.327 e. The van der Waals surface area contributed by atoms with E-state index in [2.05, 4.69) is 6.58 Å². The van der Waals surface area contributed by atoms with Crippen LogP contribution in [0.4, 0.5) is 0 Å². The molecule has 1 rings (SSSR count). The molecule has 52 valence electrons. The molecule has 0 spiro atoms. The Morgan fingerprint density at radius 1 is 1.44 bits per heavy atom. The predicted octanol–water partition coefficient (Wildman–Crippen LogP) is 1.83. The minimum absolute atomic E-state index is 0.403. The van der Waals surface area contributed by atoms with E-state index in [-0.39, 0.29) is 0 Å². The molecule has 1 heteroatoms. The number of rotatable bonds is 0. The molecule has 0 bridgehead atoms. The summed E-state index contributed by atoms with van der Waals surface area (Å²) < 4.78 is 0. The largest absolute Gasteiger partial charge is 0.327 e. The maximum absolute atomic E-state index is 5.76. The standard InChI is InChI=1S/C8H15N/c1-7-4-2-3-5-8(9)6-7/h8H,1-6,9H2/t8-/m1/s1. The SMILES string of the molecule is C=C1CCCC[C@@H](N)C1. The van der Waals surface area contributed by atoms with Gasteiger partial charge < -0.3 is 5.73 Å². The van der Waals surface area contributed by atoms with Crippen LogP contribution in [-0.4, -0.2) is 6.04 Å². The highest BCUT2D eigenvalue weighted by molar-refractivity contribution is 4.98. The molecule has 1 nitrogen and oxygen atoms in total. The summed E-state index contributed by atoms with van der Waals surface area (Å²) in [6.45, 7) is 3.94. The molecule has 0 saturated heterocycles. The van der Waals surface area contributed by atoms with Gasteiger partial charge in [0, 0.05) is 6.04 Å². The first kappa shape index (κ1) is 6.81. The van der Waals surface area contributed by atoms with Crippen molar-refractivity contribution < 1.29 is 0 Å². The van der Waals surface area contributed by atoms with Gasteiger partial charge in [-0.05, 0) is 25.7 Å². The van der Waals surface area contributed by atoms with Gasteiger partial charge in [-0.25, -0.2) is 0 Å². The van der Waals surface area contributed by atoms with Gasteiger partial charge in [0.25, 0.3) is 0 Å². The maximum Gasteiger partial charge on any atom is 0.00759 e. The Balaban J connectivity index is 2.37. The smallest absolute Gasteiger partial charge is 0.00759 e. The van der Waals surface area contributed by atoms with Crippen LogP contribution in [0.5, 0.6) is 0 Å². The lowest BCUT2D eigenvalue weighted by Crippen LogP contribution is -2.18. The number of nitrogens with two attached hydrogens (primary N) is 1. The highest BCUT2D eigenvalue weighted by Crippen LogP contribution is 2.19. The third kappa shape index (κ3) is 2.19. The molecule has 0 radical (unpaired) electrons. The molecule has 0 aliphatic heterocycles. The normalized spacial score (nSPS) is 29.9. The molecular formula is C8H15N. The first-order valence-corrected chi connectivity index (χ1v) is 3.71. The third-order valence-corrected chi connectivity index (χ3v) is 1.91. The third-order valence-electron chi connectivity index (χ3n) is 1.91. The second-order valence-corrected chi connectivity index (χ2v) is 2.96. The summed E-state index contributed by atoms with van der Waals surface area (Å²) in [5.41, 5.74) is 7.11. The van der Waals surface area contributed by atoms with E-state index in [4.69, 9.17) is 5.73 Å². The lowest BCUT2D eigenvalue weighted by molar-refractivity contribution is 0.606. The first-order chi connectivity index (χ1) is 4.29. The summed E-state index contributed by atoms with van der Waals surface area (Å²) in [5.74, 6) is 0. The van der Waals surface area contributed by atoms with Gasteiger partial charge >= 0.3 is 0 Å². The molecule has 1 aliphatic carbocycles.